The molecule has 0 saturated heterocycles. The third-order valence-electron chi connectivity index (χ3n) is 7.26. The summed E-state index contributed by atoms with van der Waals surface area (Å²) in [6.07, 6.45) is 0. The van der Waals surface area contributed by atoms with Crippen molar-refractivity contribution in [3.63, 3.8) is 0 Å². The molecule has 3 heterocycles. The summed E-state index contributed by atoms with van der Waals surface area (Å²) in [4.78, 5) is 5.43. The maximum absolute atomic E-state index is 5.43. The molecule has 0 aliphatic heterocycles. The number of aromatic nitrogens is 3. The SMILES string of the molecule is C[Si](C)(C)c1cccc(-n2c3ccccc3c3cc4c5ccccc5n(-c5ccccc5)c4nc32)c1. The van der Waals surface area contributed by atoms with E-state index in [1.807, 2.05) is 0 Å². The minimum Gasteiger partial charge on any atom is -0.294 e. The Labute approximate surface area is 211 Å². The second kappa shape index (κ2) is 7.67. The topological polar surface area (TPSA) is 22.8 Å². The zero-order chi connectivity index (χ0) is 24.4. The molecular formula is C32H27N3Si. The number of benzene rings is 4. The Bertz CT molecular complexity index is 1920. The van der Waals surface area contributed by atoms with Crippen LogP contribution in [0.2, 0.25) is 19.6 Å². The van der Waals surface area contributed by atoms with Gasteiger partial charge in [0.1, 0.15) is 11.3 Å². The molecule has 0 spiro atoms. The molecule has 0 saturated carbocycles. The second-order valence-electron chi connectivity index (χ2n) is 10.6. The lowest BCUT2D eigenvalue weighted by atomic mass is 10.1. The first-order valence-corrected chi connectivity index (χ1v) is 16.0. The number of hydrogen-bond acceptors (Lipinski definition) is 1. The van der Waals surface area contributed by atoms with Crippen LogP contribution in [0.5, 0.6) is 0 Å². The molecule has 0 aliphatic carbocycles. The molecule has 0 aliphatic rings. The maximum atomic E-state index is 5.43. The molecule has 0 atom stereocenters. The quantitative estimate of drug-likeness (QED) is 0.236. The molecule has 174 valence electrons. The molecule has 0 N–H and O–H groups in total. The fourth-order valence-corrected chi connectivity index (χ4v) is 6.64. The Morgan fingerprint density at radius 3 is 1.64 bits per heavy atom. The van der Waals surface area contributed by atoms with Crippen LogP contribution in [0.3, 0.4) is 0 Å². The Balaban J connectivity index is 1.65. The van der Waals surface area contributed by atoms with E-state index >= 15 is 0 Å². The van der Waals surface area contributed by atoms with Gasteiger partial charge >= 0.3 is 0 Å². The number of rotatable bonds is 3. The first-order valence-electron chi connectivity index (χ1n) is 12.5. The largest absolute Gasteiger partial charge is 0.294 e. The number of nitrogens with zero attached hydrogens (tertiary/aromatic N) is 3. The van der Waals surface area contributed by atoms with E-state index < -0.39 is 8.07 Å². The third kappa shape index (κ3) is 3.08. The van der Waals surface area contributed by atoms with Gasteiger partial charge in [-0.2, -0.15) is 0 Å². The van der Waals surface area contributed by atoms with Crippen LogP contribution in [0.1, 0.15) is 0 Å². The van der Waals surface area contributed by atoms with Crippen LogP contribution in [0, 0.1) is 0 Å². The Morgan fingerprint density at radius 1 is 0.500 bits per heavy atom. The highest BCUT2D eigenvalue weighted by atomic mass is 28.3. The Hall–Kier alpha value is -4.15. The first kappa shape index (κ1) is 21.2. The summed E-state index contributed by atoms with van der Waals surface area (Å²) < 4.78 is 4.64. The molecule has 0 radical (unpaired) electrons. The second-order valence-corrected chi connectivity index (χ2v) is 15.6. The minimum atomic E-state index is -1.47. The van der Waals surface area contributed by atoms with Crippen LogP contribution in [-0.2, 0) is 0 Å². The molecule has 3 aromatic heterocycles. The van der Waals surface area contributed by atoms with E-state index in [-0.39, 0.29) is 0 Å². The van der Waals surface area contributed by atoms with Gasteiger partial charge in [0.2, 0.25) is 0 Å². The predicted octanol–water partition coefficient (Wildman–Crippen LogP) is 7.82. The van der Waals surface area contributed by atoms with E-state index in [1.54, 1.807) is 0 Å². The van der Waals surface area contributed by atoms with Gasteiger partial charge in [0, 0.05) is 32.9 Å². The molecular weight excluding hydrogens is 454 g/mol. The zero-order valence-electron chi connectivity index (χ0n) is 20.7. The zero-order valence-corrected chi connectivity index (χ0v) is 21.7. The van der Waals surface area contributed by atoms with E-state index in [4.69, 9.17) is 4.98 Å². The van der Waals surface area contributed by atoms with Crippen molar-refractivity contribution in [3.8, 4) is 11.4 Å². The lowest BCUT2D eigenvalue weighted by Gasteiger charge is -2.18. The smallest absolute Gasteiger partial charge is 0.148 e. The van der Waals surface area contributed by atoms with Gasteiger partial charge in [0.15, 0.2) is 0 Å². The van der Waals surface area contributed by atoms with Gasteiger partial charge in [-0.25, -0.2) is 4.98 Å². The highest BCUT2D eigenvalue weighted by Crippen LogP contribution is 2.37. The van der Waals surface area contributed by atoms with E-state index in [0.29, 0.717) is 0 Å². The summed E-state index contributed by atoms with van der Waals surface area (Å²) in [5.41, 5.74) is 6.65. The van der Waals surface area contributed by atoms with Crippen LogP contribution in [0.4, 0.5) is 0 Å². The third-order valence-corrected chi connectivity index (χ3v) is 9.30. The summed E-state index contributed by atoms with van der Waals surface area (Å²) in [6, 6.07) is 39.3. The molecule has 36 heavy (non-hydrogen) atoms. The maximum Gasteiger partial charge on any atom is 0.148 e. The summed E-state index contributed by atoms with van der Waals surface area (Å²) >= 11 is 0. The summed E-state index contributed by atoms with van der Waals surface area (Å²) in [6.45, 7) is 7.20. The molecule has 4 heteroatoms. The van der Waals surface area contributed by atoms with Crippen molar-refractivity contribution in [1.82, 2.24) is 14.1 Å². The predicted molar refractivity (Wildman–Crippen MR) is 156 cm³/mol. The normalized spacial score (nSPS) is 12.3. The van der Waals surface area contributed by atoms with Crippen LogP contribution >= 0.6 is 0 Å². The van der Waals surface area contributed by atoms with Crippen molar-refractivity contribution < 1.29 is 0 Å². The van der Waals surface area contributed by atoms with Crippen molar-refractivity contribution in [2.45, 2.75) is 19.6 Å². The summed E-state index contributed by atoms with van der Waals surface area (Å²) in [5.74, 6) is 0. The average Bonchev–Trinajstić information content (AvgIpc) is 3.40. The molecule has 0 amide bonds. The Morgan fingerprint density at radius 2 is 1.03 bits per heavy atom. The van der Waals surface area contributed by atoms with E-state index in [0.717, 1.165) is 17.0 Å². The van der Waals surface area contributed by atoms with Crippen molar-refractivity contribution in [2.24, 2.45) is 0 Å². The van der Waals surface area contributed by atoms with Crippen molar-refractivity contribution in [2.75, 3.05) is 0 Å². The van der Waals surface area contributed by atoms with E-state index in [1.165, 1.54) is 43.5 Å². The highest BCUT2D eigenvalue weighted by molar-refractivity contribution is 6.88. The fourth-order valence-electron chi connectivity index (χ4n) is 5.46. The standard InChI is InChI=1S/C32H27N3Si/c1-36(2,3)24-15-11-14-23(20-24)35-30-19-10-8-17-26(30)28-21-27-25-16-7-9-18-29(25)34(31(27)33-32(28)35)22-12-5-4-6-13-22/h4-21H,1-3H3. The van der Waals surface area contributed by atoms with Gasteiger partial charge < -0.3 is 0 Å². The van der Waals surface area contributed by atoms with Crippen molar-refractivity contribution in [3.05, 3.63) is 109 Å². The lowest BCUT2D eigenvalue weighted by Crippen LogP contribution is -2.37. The molecule has 0 unspecified atom stereocenters. The van der Waals surface area contributed by atoms with Gasteiger partial charge in [0.05, 0.1) is 19.1 Å². The van der Waals surface area contributed by atoms with E-state index in [9.17, 15) is 0 Å². The van der Waals surface area contributed by atoms with Crippen molar-refractivity contribution >= 4 is 57.1 Å². The molecule has 0 fully saturated rings. The fraction of sp³-hybridized carbons (Fsp3) is 0.0938. The highest BCUT2D eigenvalue weighted by Gasteiger charge is 2.21. The van der Waals surface area contributed by atoms with Gasteiger partial charge in [-0.15, -0.1) is 0 Å². The van der Waals surface area contributed by atoms with Gasteiger partial charge in [-0.1, -0.05) is 91.6 Å². The van der Waals surface area contributed by atoms with Crippen LogP contribution < -0.4 is 5.19 Å². The van der Waals surface area contributed by atoms with Gasteiger partial charge in [-0.3, -0.25) is 9.13 Å². The first-order chi connectivity index (χ1) is 17.5. The number of fused-ring (bicyclic) bond motifs is 6. The van der Waals surface area contributed by atoms with Gasteiger partial charge in [-0.05, 0) is 42.5 Å². The monoisotopic (exact) mass is 481 g/mol. The van der Waals surface area contributed by atoms with Crippen LogP contribution in [0.25, 0.3) is 55.2 Å². The molecule has 3 nitrogen and oxygen atoms in total. The van der Waals surface area contributed by atoms with Crippen LogP contribution in [0.15, 0.2) is 109 Å². The number of hydrogen-bond donors (Lipinski definition) is 0. The van der Waals surface area contributed by atoms with Crippen LogP contribution in [-0.4, -0.2) is 22.2 Å². The summed E-state index contributed by atoms with van der Waals surface area (Å²) in [7, 11) is -1.47. The molecule has 7 aromatic rings. The summed E-state index contributed by atoms with van der Waals surface area (Å²) in [5, 5.41) is 6.28. The van der Waals surface area contributed by atoms with Crippen molar-refractivity contribution in [1.29, 1.82) is 0 Å². The Kier molecular flexibility index (Phi) is 4.51. The number of pyridine rings is 1. The molecule has 0 bridgehead atoms. The van der Waals surface area contributed by atoms with E-state index in [2.05, 4.69) is 138 Å². The number of para-hydroxylation sites is 3. The average molecular weight is 482 g/mol. The molecule has 7 rings (SSSR count). The molecule has 4 aromatic carbocycles. The van der Waals surface area contributed by atoms with Gasteiger partial charge in [0.25, 0.3) is 0 Å². The minimum absolute atomic E-state index is 0.986. The lowest BCUT2D eigenvalue weighted by molar-refractivity contribution is 1.11.